The summed E-state index contributed by atoms with van der Waals surface area (Å²) in [5.74, 6) is 1.76. The van der Waals surface area contributed by atoms with Crippen LogP contribution in [0.2, 0.25) is 0 Å². The molecule has 206 valence electrons. The van der Waals surface area contributed by atoms with Gasteiger partial charge in [0.05, 0.1) is 10.3 Å². The summed E-state index contributed by atoms with van der Waals surface area (Å²) in [6.07, 6.45) is 4.01. The number of fused-ring (bicyclic) bond motifs is 1. The number of benzene rings is 3. The summed E-state index contributed by atoms with van der Waals surface area (Å²) < 4.78 is 13.0. The fraction of sp³-hybridized carbons (Fsp3) is 0.167. The van der Waals surface area contributed by atoms with Gasteiger partial charge >= 0.3 is 6.16 Å². The summed E-state index contributed by atoms with van der Waals surface area (Å²) in [6.45, 7) is 0. The number of ether oxygens (including phenoxy) is 2. The molecule has 0 spiro atoms. The normalized spacial score (nSPS) is 16.5. The fourth-order valence-corrected chi connectivity index (χ4v) is 5.58. The highest BCUT2D eigenvalue weighted by atomic mass is 16.7. The molecule has 1 fully saturated rings. The molecule has 11 heteroatoms. The lowest BCUT2D eigenvalue weighted by atomic mass is 9.96. The van der Waals surface area contributed by atoms with Crippen LogP contribution in [0.1, 0.15) is 36.8 Å². The van der Waals surface area contributed by atoms with Gasteiger partial charge in [0.2, 0.25) is 0 Å². The second-order valence-corrected chi connectivity index (χ2v) is 9.86. The van der Waals surface area contributed by atoms with E-state index in [4.69, 9.17) is 15.2 Å². The minimum atomic E-state index is -1.47. The Morgan fingerprint density at radius 2 is 1.78 bits per heavy atom. The number of non-ortho nitro benzene ring substituents is 1. The Kier molecular flexibility index (Phi) is 6.68. The van der Waals surface area contributed by atoms with Gasteiger partial charge in [0.1, 0.15) is 35.0 Å². The van der Waals surface area contributed by atoms with Gasteiger partial charge in [-0.05, 0) is 61.1 Å². The topological polar surface area (TPSA) is 156 Å². The third-order valence-electron chi connectivity index (χ3n) is 7.42. The van der Waals surface area contributed by atoms with Crippen molar-refractivity contribution >= 4 is 28.7 Å². The molecule has 0 saturated heterocycles. The second-order valence-electron chi connectivity index (χ2n) is 9.86. The van der Waals surface area contributed by atoms with Gasteiger partial charge in [0.25, 0.3) is 5.69 Å². The van der Waals surface area contributed by atoms with Crippen LogP contribution in [0.4, 0.5) is 16.3 Å². The summed E-state index contributed by atoms with van der Waals surface area (Å²) in [6, 6.07) is 21.2. The Bertz CT molecular complexity index is 1750. The van der Waals surface area contributed by atoms with Gasteiger partial charge in [-0.3, -0.25) is 10.1 Å². The predicted octanol–water partition coefficient (Wildman–Crippen LogP) is 6.95. The number of hydrogen-bond acceptors (Lipinski definition) is 8. The maximum absolute atomic E-state index is 11.4. The van der Waals surface area contributed by atoms with Crippen LogP contribution in [0.15, 0.2) is 85.3 Å². The molecule has 5 aromatic rings. The third kappa shape index (κ3) is 5.12. The van der Waals surface area contributed by atoms with E-state index in [0.29, 0.717) is 35.6 Å². The van der Waals surface area contributed by atoms with Gasteiger partial charge in [-0.15, -0.1) is 0 Å². The minimum absolute atomic E-state index is 0.0109. The fourth-order valence-electron chi connectivity index (χ4n) is 5.58. The van der Waals surface area contributed by atoms with Gasteiger partial charge < -0.3 is 24.9 Å². The summed E-state index contributed by atoms with van der Waals surface area (Å²) in [5.41, 5.74) is 9.21. The molecule has 0 radical (unpaired) electrons. The van der Waals surface area contributed by atoms with E-state index in [1.807, 2.05) is 60.8 Å². The van der Waals surface area contributed by atoms with Crippen molar-refractivity contribution < 1.29 is 24.3 Å². The third-order valence-corrected chi connectivity index (χ3v) is 7.42. The molecule has 1 aliphatic carbocycles. The number of nitro benzene ring substituents is 1. The standard InChI is InChI=1S/C30H25N5O6/c31-28-27-25(18-7-11-23(12-8-18)40-22-4-2-1-3-5-22)16-34(29(27)33-17-32-28)20-9-6-19(14-20)24-15-21(35(38)39)10-13-26(24)41-30(36)37/h1-5,7-8,10-13,15-17,19-20H,6,9,14H2,(H,36,37)(H2,31,32,33). The summed E-state index contributed by atoms with van der Waals surface area (Å²) in [7, 11) is 0. The average molecular weight is 552 g/mol. The van der Waals surface area contributed by atoms with Gasteiger partial charge in [-0.1, -0.05) is 30.3 Å². The van der Waals surface area contributed by atoms with E-state index in [-0.39, 0.29) is 23.4 Å². The maximum Gasteiger partial charge on any atom is 0.511 e. The van der Waals surface area contributed by atoms with Crippen molar-refractivity contribution in [2.24, 2.45) is 0 Å². The molecule has 2 unspecified atom stereocenters. The van der Waals surface area contributed by atoms with E-state index in [2.05, 4.69) is 14.5 Å². The van der Waals surface area contributed by atoms with Gasteiger partial charge in [-0.2, -0.15) is 0 Å². The monoisotopic (exact) mass is 551 g/mol. The first-order valence-corrected chi connectivity index (χ1v) is 13.0. The number of aromatic nitrogens is 3. The Morgan fingerprint density at radius 3 is 2.51 bits per heavy atom. The van der Waals surface area contributed by atoms with E-state index in [1.54, 1.807) is 0 Å². The van der Waals surface area contributed by atoms with Crippen LogP contribution in [0.25, 0.3) is 22.2 Å². The smallest absolute Gasteiger partial charge is 0.457 e. The highest BCUT2D eigenvalue weighted by Crippen LogP contribution is 2.47. The minimum Gasteiger partial charge on any atom is -0.457 e. The number of carbonyl (C=O) groups is 1. The van der Waals surface area contributed by atoms with Crippen LogP contribution in [0.5, 0.6) is 17.2 Å². The van der Waals surface area contributed by atoms with Crippen molar-refractivity contribution in [3.05, 3.63) is 101 Å². The summed E-state index contributed by atoms with van der Waals surface area (Å²) in [5, 5.41) is 21.4. The molecule has 2 heterocycles. The zero-order valence-corrected chi connectivity index (χ0v) is 21.7. The molecule has 2 atom stereocenters. The summed E-state index contributed by atoms with van der Waals surface area (Å²) >= 11 is 0. The van der Waals surface area contributed by atoms with Crippen LogP contribution < -0.4 is 15.2 Å². The van der Waals surface area contributed by atoms with Crippen molar-refractivity contribution in [1.29, 1.82) is 0 Å². The molecule has 3 aromatic carbocycles. The van der Waals surface area contributed by atoms with Crippen molar-refractivity contribution in [1.82, 2.24) is 14.5 Å². The van der Waals surface area contributed by atoms with E-state index < -0.39 is 11.1 Å². The summed E-state index contributed by atoms with van der Waals surface area (Å²) in [4.78, 5) is 31.0. The van der Waals surface area contributed by atoms with Crippen molar-refractivity contribution in [3.8, 4) is 28.4 Å². The molecule has 1 saturated carbocycles. The predicted molar refractivity (Wildman–Crippen MR) is 151 cm³/mol. The molecule has 0 bridgehead atoms. The average Bonchev–Trinajstić information content (AvgIpc) is 3.60. The first-order valence-electron chi connectivity index (χ1n) is 13.0. The van der Waals surface area contributed by atoms with E-state index in [0.717, 1.165) is 28.7 Å². The quantitative estimate of drug-likeness (QED) is 0.0945. The molecule has 2 aromatic heterocycles. The Morgan fingerprint density at radius 1 is 1.02 bits per heavy atom. The van der Waals surface area contributed by atoms with Crippen molar-refractivity contribution in [2.45, 2.75) is 31.2 Å². The number of nitrogens with two attached hydrogens (primary N) is 1. The van der Waals surface area contributed by atoms with Gasteiger partial charge in [0.15, 0.2) is 0 Å². The number of rotatable bonds is 7. The highest BCUT2D eigenvalue weighted by molar-refractivity contribution is 6.00. The largest absolute Gasteiger partial charge is 0.511 e. The highest BCUT2D eigenvalue weighted by Gasteiger charge is 2.32. The van der Waals surface area contributed by atoms with Crippen LogP contribution in [0.3, 0.4) is 0 Å². The number of nitro groups is 1. The molecule has 6 rings (SSSR count). The number of nitrogen functional groups attached to an aromatic ring is 1. The Balaban J connectivity index is 1.32. The Hall–Kier alpha value is -5.45. The molecule has 3 N–H and O–H groups in total. The maximum atomic E-state index is 11.4. The lowest BCUT2D eigenvalue weighted by Crippen LogP contribution is -2.08. The lowest BCUT2D eigenvalue weighted by Gasteiger charge is -2.16. The van der Waals surface area contributed by atoms with Gasteiger partial charge in [0, 0.05) is 35.5 Å². The van der Waals surface area contributed by atoms with Crippen LogP contribution >= 0.6 is 0 Å². The second kappa shape index (κ2) is 10.6. The van der Waals surface area contributed by atoms with E-state index in [1.165, 1.54) is 24.5 Å². The molecule has 41 heavy (non-hydrogen) atoms. The number of carboxylic acid groups (broad SMARTS) is 1. The Labute approximate surface area is 234 Å². The van der Waals surface area contributed by atoms with Crippen LogP contribution in [-0.4, -0.2) is 30.7 Å². The number of para-hydroxylation sites is 1. The number of nitrogens with zero attached hydrogens (tertiary/aromatic N) is 4. The number of anilines is 1. The van der Waals surface area contributed by atoms with Crippen molar-refractivity contribution in [3.63, 3.8) is 0 Å². The van der Waals surface area contributed by atoms with Gasteiger partial charge in [-0.25, -0.2) is 14.8 Å². The zero-order chi connectivity index (χ0) is 28.5. The first kappa shape index (κ1) is 25.8. The van der Waals surface area contributed by atoms with Crippen LogP contribution in [0, 0.1) is 10.1 Å². The zero-order valence-electron chi connectivity index (χ0n) is 21.7. The molecular weight excluding hydrogens is 526 g/mol. The SMILES string of the molecule is Nc1ncnc2c1c(-c1ccc(Oc3ccccc3)cc1)cn2C1CCC(c2cc([N+](=O)[O-])ccc2OC(=O)O)C1. The van der Waals surface area contributed by atoms with Crippen LogP contribution in [-0.2, 0) is 0 Å². The molecular formula is C30H25N5O6. The first-order chi connectivity index (χ1) is 19.9. The molecule has 0 amide bonds. The van der Waals surface area contributed by atoms with E-state index >= 15 is 0 Å². The van der Waals surface area contributed by atoms with Crippen molar-refractivity contribution in [2.75, 3.05) is 5.73 Å². The molecule has 1 aliphatic rings. The molecule has 11 nitrogen and oxygen atoms in total. The molecule has 0 aliphatic heterocycles. The lowest BCUT2D eigenvalue weighted by molar-refractivity contribution is -0.385. The number of hydrogen-bond donors (Lipinski definition) is 2. The van der Waals surface area contributed by atoms with E-state index in [9.17, 15) is 20.0 Å².